The second-order valence-electron chi connectivity index (χ2n) is 5.56. The Bertz CT molecular complexity index is 953. The highest BCUT2D eigenvalue weighted by Gasteiger charge is 2.20. The molecule has 0 spiro atoms. The zero-order chi connectivity index (χ0) is 17.8. The summed E-state index contributed by atoms with van der Waals surface area (Å²) in [4.78, 5) is 29.3. The molecular formula is C18H18N4O3. The van der Waals surface area contributed by atoms with Gasteiger partial charge in [0.1, 0.15) is 0 Å². The van der Waals surface area contributed by atoms with E-state index in [4.69, 9.17) is 4.74 Å². The van der Waals surface area contributed by atoms with Crippen molar-refractivity contribution in [2.75, 3.05) is 13.7 Å². The monoisotopic (exact) mass is 338 g/mol. The number of amides is 1. The Hall–Kier alpha value is -3.06. The van der Waals surface area contributed by atoms with Crippen molar-refractivity contribution in [3.8, 4) is 0 Å². The van der Waals surface area contributed by atoms with Crippen LogP contribution in [0.2, 0.25) is 0 Å². The molecule has 0 fully saturated rings. The first-order valence-electron chi connectivity index (χ1n) is 7.78. The van der Waals surface area contributed by atoms with Gasteiger partial charge in [0.05, 0.1) is 23.7 Å². The molecule has 2 aromatic heterocycles. The molecule has 7 nitrogen and oxygen atoms in total. The number of hydrogen-bond donors (Lipinski definition) is 1. The number of carbonyl (C=O) groups is 1. The van der Waals surface area contributed by atoms with Crippen molar-refractivity contribution < 1.29 is 9.53 Å². The number of nitrogens with one attached hydrogen (secondary N) is 1. The Morgan fingerprint density at radius 1 is 1.20 bits per heavy atom. The molecule has 25 heavy (non-hydrogen) atoms. The average molecular weight is 338 g/mol. The number of nitrogens with zero attached hydrogens (tertiary/aromatic N) is 3. The third kappa shape index (κ3) is 3.41. The van der Waals surface area contributed by atoms with Crippen LogP contribution in [-0.4, -0.2) is 34.4 Å². The number of benzene rings is 1. The van der Waals surface area contributed by atoms with Crippen molar-refractivity contribution in [3.63, 3.8) is 0 Å². The van der Waals surface area contributed by atoms with Crippen LogP contribution in [0.4, 0.5) is 0 Å². The van der Waals surface area contributed by atoms with Crippen LogP contribution in [0.3, 0.4) is 0 Å². The number of hydrogen-bond acceptors (Lipinski definition) is 5. The Labute approximate surface area is 144 Å². The molecule has 7 heteroatoms. The van der Waals surface area contributed by atoms with E-state index in [1.807, 2.05) is 12.1 Å². The van der Waals surface area contributed by atoms with Crippen molar-refractivity contribution in [2.45, 2.75) is 6.04 Å². The minimum Gasteiger partial charge on any atom is -0.382 e. The van der Waals surface area contributed by atoms with Crippen LogP contribution in [0, 0.1) is 0 Å². The Morgan fingerprint density at radius 3 is 2.60 bits per heavy atom. The van der Waals surface area contributed by atoms with Crippen LogP contribution >= 0.6 is 0 Å². The maximum absolute atomic E-state index is 12.8. The molecule has 0 bridgehead atoms. The number of ether oxygens (including phenoxy) is 1. The van der Waals surface area contributed by atoms with Gasteiger partial charge < -0.3 is 10.1 Å². The minimum absolute atomic E-state index is 0.190. The zero-order valence-corrected chi connectivity index (χ0v) is 14.0. The third-order valence-electron chi connectivity index (χ3n) is 3.86. The van der Waals surface area contributed by atoms with Crippen molar-refractivity contribution in [3.05, 3.63) is 70.4 Å². The molecule has 1 amide bonds. The topological polar surface area (TPSA) is 86.1 Å². The molecule has 0 aliphatic carbocycles. The van der Waals surface area contributed by atoms with Gasteiger partial charge in [-0.05, 0) is 18.2 Å². The summed E-state index contributed by atoms with van der Waals surface area (Å²) >= 11 is 0. The summed E-state index contributed by atoms with van der Waals surface area (Å²) in [7, 11) is 3.08. The fourth-order valence-corrected chi connectivity index (χ4v) is 2.64. The van der Waals surface area contributed by atoms with E-state index in [1.165, 1.54) is 11.7 Å². The summed E-state index contributed by atoms with van der Waals surface area (Å²) in [5, 5.41) is 7.99. The highest BCUT2D eigenvalue weighted by molar-refractivity contribution is 6.04. The van der Waals surface area contributed by atoms with E-state index in [1.54, 1.807) is 43.6 Å². The van der Waals surface area contributed by atoms with Gasteiger partial charge in [0.25, 0.3) is 11.5 Å². The number of fused-ring (bicyclic) bond motifs is 1. The van der Waals surface area contributed by atoms with Crippen molar-refractivity contribution in [1.29, 1.82) is 0 Å². The molecule has 1 aromatic carbocycles. The second-order valence-corrected chi connectivity index (χ2v) is 5.56. The number of aryl methyl sites for hydroxylation is 1. The van der Waals surface area contributed by atoms with E-state index in [-0.39, 0.29) is 23.8 Å². The summed E-state index contributed by atoms with van der Waals surface area (Å²) in [6, 6.07) is 12.0. The van der Waals surface area contributed by atoms with Crippen LogP contribution in [0.15, 0.2) is 53.5 Å². The summed E-state index contributed by atoms with van der Waals surface area (Å²) in [6.45, 7) is 0.270. The maximum atomic E-state index is 12.8. The van der Waals surface area contributed by atoms with E-state index in [0.717, 1.165) is 0 Å². The first kappa shape index (κ1) is 16.8. The highest BCUT2D eigenvalue weighted by atomic mass is 16.5. The molecule has 3 aromatic rings. The summed E-state index contributed by atoms with van der Waals surface area (Å²) in [5.41, 5.74) is 0.631. The lowest BCUT2D eigenvalue weighted by Gasteiger charge is -2.18. The summed E-state index contributed by atoms with van der Waals surface area (Å²) < 4.78 is 6.37. The quantitative estimate of drug-likeness (QED) is 0.761. The van der Waals surface area contributed by atoms with E-state index in [0.29, 0.717) is 16.5 Å². The molecule has 2 heterocycles. The molecule has 128 valence electrons. The van der Waals surface area contributed by atoms with Crippen LogP contribution in [0.5, 0.6) is 0 Å². The van der Waals surface area contributed by atoms with E-state index in [2.05, 4.69) is 15.4 Å². The minimum atomic E-state index is -0.420. The Morgan fingerprint density at radius 2 is 1.92 bits per heavy atom. The molecular weight excluding hydrogens is 320 g/mol. The number of pyridine rings is 1. The van der Waals surface area contributed by atoms with Crippen LogP contribution in [0.1, 0.15) is 22.2 Å². The van der Waals surface area contributed by atoms with Crippen molar-refractivity contribution in [2.24, 2.45) is 7.05 Å². The number of aromatic nitrogens is 3. The fourth-order valence-electron chi connectivity index (χ4n) is 2.64. The maximum Gasteiger partial charge on any atom is 0.274 e. The van der Waals surface area contributed by atoms with Crippen molar-refractivity contribution >= 4 is 16.7 Å². The van der Waals surface area contributed by atoms with Gasteiger partial charge >= 0.3 is 0 Å². The molecule has 0 aliphatic heterocycles. The number of methoxy groups -OCH3 is 1. The fraction of sp³-hybridized carbons (Fsp3) is 0.222. The molecule has 1 N–H and O–H groups in total. The molecule has 0 aliphatic rings. The predicted molar refractivity (Wildman–Crippen MR) is 93.3 cm³/mol. The van der Waals surface area contributed by atoms with E-state index >= 15 is 0 Å². The molecule has 0 saturated heterocycles. The number of rotatable bonds is 5. The van der Waals surface area contributed by atoms with E-state index < -0.39 is 6.04 Å². The van der Waals surface area contributed by atoms with Gasteiger partial charge in [0.2, 0.25) is 0 Å². The van der Waals surface area contributed by atoms with Crippen LogP contribution in [-0.2, 0) is 11.8 Å². The van der Waals surface area contributed by atoms with Gasteiger partial charge in [-0.1, -0.05) is 24.3 Å². The van der Waals surface area contributed by atoms with Gasteiger partial charge in [-0.25, -0.2) is 4.68 Å². The summed E-state index contributed by atoms with van der Waals surface area (Å²) in [6.07, 6.45) is 1.66. The van der Waals surface area contributed by atoms with Gasteiger partial charge in [-0.2, -0.15) is 5.10 Å². The SMILES string of the molecule is COC[C@@H](NC(=O)c1nn(C)c(=O)c2ccccc12)c1ccccn1. The number of carbonyl (C=O) groups excluding carboxylic acids is 1. The van der Waals surface area contributed by atoms with Crippen LogP contribution < -0.4 is 10.9 Å². The lowest BCUT2D eigenvalue weighted by atomic mass is 10.1. The molecule has 3 rings (SSSR count). The average Bonchev–Trinajstić information content (AvgIpc) is 2.65. The zero-order valence-electron chi connectivity index (χ0n) is 14.0. The molecule has 0 saturated carbocycles. The Kier molecular flexibility index (Phi) is 4.85. The normalized spacial score (nSPS) is 12.1. The van der Waals surface area contributed by atoms with Crippen LogP contribution in [0.25, 0.3) is 10.8 Å². The predicted octanol–water partition coefficient (Wildman–Crippen LogP) is 1.45. The molecule has 0 radical (unpaired) electrons. The first-order valence-corrected chi connectivity index (χ1v) is 7.78. The smallest absolute Gasteiger partial charge is 0.274 e. The molecule has 0 unspecified atom stereocenters. The van der Waals surface area contributed by atoms with Gasteiger partial charge in [0.15, 0.2) is 5.69 Å². The highest BCUT2D eigenvalue weighted by Crippen LogP contribution is 2.15. The van der Waals surface area contributed by atoms with Gasteiger partial charge in [-0.3, -0.25) is 14.6 Å². The standard InChI is InChI=1S/C18H18N4O3/c1-22-18(24)13-8-4-3-7-12(13)16(21-22)17(23)20-15(11-25-2)14-9-5-6-10-19-14/h3-10,15H,11H2,1-2H3,(H,20,23)/t15-/m1/s1. The van der Waals surface area contributed by atoms with Gasteiger partial charge in [0, 0.05) is 25.7 Å². The van der Waals surface area contributed by atoms with Gasteiger partial charge in [-0.15, -0.1) is 0 Å². The van der Waals surface area contributed by atoms with E-state index in [9.17, 15) is 9.59 Å². The van der Waals surface area contributed by atoms with Crippen molar-refractivity contribution in [1.82, 2.24) is 20.1 Å². The lowest BCUT2D eigenvalue weighted by molar-refractivity contribution is 0.0889. The largest absolute Gasteiger partial charge is 0.382 e. The first-order chi connectivity index (χ1) is 12.1. The lowest BCUT2D eigenvalue weighted by Crippen LogP contribution is -2.34. The Balaban J connectivity index is 1.99. The second kappa shape index (κ2) is 7.23. The molecule has 1 atom stereocenters. The third-order valence-corrected chi connectivity index (χ3v) is 3.86. The summed E-state index contributed by atoms with van der Waals surface area (Å²) in [5.74, 6) is -0.389.